The summed E-state index contributed by atoms with van der Waals surface area (Å²) in [5.74, 6) is 0.760. The second-order valence-electron chi connectivity index (χ2n) is 3.51. The Hall–Kier alpha value is -0.890. The highest BCUT2D eigenvalue weighted by molar-refractivity contribution is 6.32. The molecule has 3 heteroatoms. The highest BCUT2D eigenvalue weighted by Gasteiger charge is 2.13. The number of benzene rings is 1. The summed E-state index contributed by atoms with van der Waals surface area (Å²) >= 11 is 5.96. The average Bonchev–Trinajstić information content (AvgIpc) is 2.71. The third-order valence-electron chi connectivity index (χ3n) is 2.61. The standard InChI is InChI=1S/C11H14ClNO/c1-14-11-8-9(4-5-10(11)12)13-6-2-3-7-13/h4-5,8H,2-3,6-7H2,1H3. The summed E-state index contributed by atoms with van der Waals surface area (Å²) in [5, 5.41) is 0.676. The van der Waals surface area contributed by atoms with E-state index in [1.165, 1.54) is 18.5 Å². The number of rotatable bonds is 2. The maximum absolute atomic E-state index is 5.96. The van der Waals surface area contributed by atoms with E-state index in [0.29, 0.717) is 5.02 Å². The molecule has 0 radical (unpaired) electrons. The summed E-state index contributed by atoms with van der Waals surface area (Å²) in [5.41, 5.74) is 1.21. The smallest absolute Gasteiger partial charge is 0.139 e. The van der Waals surface area contributed by atoms with Crippen molar-refractivity contribution in [2.45, 2.75) is 12.8 Å². The average molecular weight is 212 g/mol. The molecular weight excluding hydrogens is 198 g/mol. The van der Waals surface area contributed by atoms with Crippen molar-refractivity contribution in [1.29, 1.82) is 0 Å². The molecule has 0 aromatic heterocycles. The second-order valence-corrected chi connectivity index (χ2v) is 3.92. The lowest BCUT2D eigenvalue weighted by molar-refractivity contribution is 0.415. The van der Waals surface area contributed by atoms with Crippen LogP contribution in [0.15, 0.2) is 18.2 Å². The molecule has 1 aliphatic heterocycles. The number of hydrogen-bond donors (Lipinski definition) is 0. The minimum Gasteiger partial charge on any atom is -0.495 e. The van der Waals surface area contributed by atoms with Crippen molar-refractivity contribution in [2.24, 2.45) is 0 Å². The van der Waals surface area contributed by atoms with Gasteiger partial charge < -0.3 is 9.64 Å². The van der Waals surface area contributed by atoms with Crippen LogP contribution in [0.4, 0.5) is 5.69 Å². The van der Waals surface area contributed by atoms with E-state index in [1.54, 1.807) is 7.11 Å². The highest BCUT2D eigenvalue weighted by Crippen LogP contribution is 2.30. The number of ether oxygens (including phenoxy) is 1. The number of anilines is 1. The lowest BCUT2D eigenvalue weighted by Gasteiger charge is -2.18. The highest BCUT2D eigenvalue weighted by atomic mass is 35.5. The largest absolute Gasteiger partial charge is 0.495 e. The molecule has 2 nitrogen and oxygen atoms in total. The van der Waals surface area contributed by atoms with E-state index in [-0.39, 0.29) is 0 Å². The van der Waals surface area contributed by atoms with Crippen molar-refractivity contribution < 1.29 is 4.74 Å². The minimum atomic E-state index is 0.676. The van der Waals surface area contributed by atoms with Gasteiger partial charge in [-0.2, -0.15) is 0 Å². The van der Waals surface area contributed by atoms with Gasteiger partial charge in [0.25, 0.3) is 0 Å². The molecule has 0 unspecified atom stereocenters. The predicted octanol–water partition coefficient (Wildman–Crippen LogP) is 2.95. The monoisotopic (exact) mass is 211 g/mol. The maximum Gasteiger partial charge on any atom is 0.139 e. The Kier molecular flexibility index (Phi) is 2.82. The molecule has 0 spiro atoms. The first-order valence-electron chi connectivity index (χ1n) is 4.90. The van der Waals surface area contributed by atoms with Crippen LogP contribution < -0.4 is 9.64 Å². The molecule has 0 amide bonds. The molecule has 1 aromatic rings. The molecule has 0 aliphatic carbocycles. The van der Waals surface area contributed by atoms with Gasteiger partial charge in [0.2, 0.25) is 0 Å². The van der Waals surface area contributed by atoms with Crippen molar-refractivity contribution in [3.8, 4) is 5.75 Å². The summed E-state index contributed by atoms with van der Waals surface area (Å²) in [4.78, 5) is 2.36. The van der Waals surface area contributed by atoms with Crippen LogP contribution in [0.2, 0.25) is 5.02 Å². The molecule has 1 saturated heterocycles. The van der Waals surface area contributed by atoms with Gasteiger partial charge in [-0.05, 0) is 25.0 Å². The van der Waals surface area contributed by atoms with Gasteiger partial charge in [0.15, 0.2) is 0 Å². The normalized spacial score (nSPS) is 16.0. The first kappa shape index (κ1) is 9.66. The van der Waals surface area contributed by atoms with E-state index in [0.717, 1.165) is 18.8 Å². The fourth-order valence-electron chi connectivity index (χ4n) is 1.82. The van der Waals surface area contributed by atoms with E-state index in [4.69, 9.17) is 16.3 Å². The molecular formula is C11H14ClNO. The molecule has 0 bridgehead atoms. The number of hydrogen-bond acceptors (Lipinski definition) is 2. The molecule has 1 aromatic carbocycles. The van der Waals surface area contributed by atoms with E-state index in [9.17, 15) is 0 Å². The van der Waals surface area contributed by atoms with Gasteiger partial charge >= 0.3 is 0 Å². The summed E-state index contributed by atoms with van der Waals surface area (Å²) in [6, 6.07) is 5.96. The van der Waals surface area contributed by atoms with Crippen LogP contribution in [0.25, 0.3) is 0 Å². The quantitative estimate of drug-likeness (QED) is 0.746. The van der Waals surface area contributed by atoms with Crippen molar-refractivity contribution in [3.63, 3.8) is 0 Å². The third-order valence-corrected chi connectivity index (χ3v) is 2.92. The lowest BCUT2D eigenvalue weighted by Crippen LogP contribution is -2.17. The molecule has 1 fully saturated rings. The second kappa shape index (κ2) is 4.09. The van der Waals surface area contributed by atoms with Gasteiger partial charge in [-0.3, -0.25) is 0 Å². The Morgan fingerprint density at radius 2 is 2.00 bits per heavy atom. The molecule has 0 N–H and O–H groups in total. The van der Waals surface area contributed by atoms with E-state index < -0.39 is 0 Å². The Bertz CT molecular complexity index is 321. The first-order valence-corrected chi connectivity index (χ1v) is 5.27. The SMILES string of the molecule is COc1cc(N2CCCC2)ccc1Cl. The Labute approximate surface area is 89.4 Å². The Morgan fingerprint density at radius 1 is 1.29 bits per heavy atom. The van der Waals surface area contributed by atoms with Crippen LogP contribution in [-0.4, -0.2) is 20.2 Å². The fraction of sp³-hybridized carbons (Fsp3) is 0.455. The van der Waals surface area contributed by atoms with Crippen molar-refractivity contribution in [1.82, 2.24) is 0 Å². The Morgan fingerprint density at radius 3 is 2.64 bits per heavy atom. The zero-order chi connectivity index (χ0) is 9.97. The minimum absolute atomic E-state index is 0.676. The molecule has 14 heavy (non-hydrogen) atoms. The van der Waals surface area contributed by atoms with E-state index >= 15 is 0 Å². The fourth-order valence-corrected chi connectivity index (χ4v) is 2.02. The van der Waals surface area contributed by atoms with Crippen molar-refractivity contribution in [2.75, 3.05) is 25.1 Å². The Balaban J connectivity index is 2.25. The molecule has 1 aliphatic rings. The number of methoxy groups -OCH3 is 1. The zero-order valence-corrected chi connectivity index (χ0v) is 9.05. The molecule has 2 rings (SSSR count). The van der Waals surface area contributed by atoms with Crippen LogP contribution in [0.3, 0.4) is 0 Å². The predicted molar refractivity (Wildman–Crippen MR) is 59.5 cm³/mol. The van der Waals surface area contributed by atoms with Crippen molar-refractivity contribution >= 4 is 17.3 Å². The lowest BCUT2D eigenvalue weighted by atomic mass is 10.3. The zero-order valence-electron chi connectivity index (χ0n) is 8.29. The van der Waals surface area contributed by atoms with Crippen LogP contribution in [-0.2, 0) is 0 Å². The molecule has 76 valence electrons. The van der Waals surface area contributed by atoms with E-state index in [1.807, 2.05) is 12.1 Å². The van der Waals surface area contributed by atoms with Crippen molar-refractivity contribution in [3.05, 3.63) is 23.2 Å². The maximum atomic E-state index is 5.96. The van der Waals surface area contributed by atoms with Gasteiger partial charge in [-0.15, -0.1) is 0 Å². The van der Waals surface area contributed by atoms with E-state index in [2.05, 4.69) is 11.0 Å². The molecule has 0 atom stereocenters. The first-order chi connectivity index (χ1) is 6.81. The number of nitrogens with zero attached hydrogens (tertiary/aromatic N) is 1. The van der Waals surface area contributed by atoms with Crippen LogP contribution in [0.5, 0.6) is 5.75 Å². The molecule has 0 saturated carbocycles. The van der Waals surface area contributed by atoms with Gasteiger partial charge in [0.05, 0.1) is 12.1 Å². The van der Waals surface area contributed by atoms with Crippen LogP contribution >= 0.6 is 11.6 Å². The van der Waals surface area contributed by atoms with Gasteiger partial charge in [0, 0.05) is 24.8 Å². The summed E-state index contributed by atoms with van der Waals surface area (Å²) < 4.78 is 5.19. The number of halogens is 1. The van der Waals surface area contributed by atoms with Crippen LogP contribution in [0.1, 0.15) is 12.8 Å². The van der Waals surface area contributed by atoms with Gasteiger partial charge in [-0.25, -0.2) is 0 Å². The summed E-state index contributed by atoms with van der Waals surface area (Å²) in [6.07, 6.45) is 2.57. The van der Waals surface area contributed by atoms with Gasteiger partial charge in [0.1, 0.15) is 5.75 Å². The topological polar surface area (TPSA) is 12.5 Å². The van der Waals surface area contributed by atoms with Gasteiger partial charge in [-0.1, -0.05) is 11.6 Å². The van der Waals surface area contributed by atoms with Crippen LogP contribution in [0, 0.1) is 0 Å². The molecule has 1 heterocycles. The summed E-state index contributed by atoms with van der Waals surface area (Å²) in [6.45, 7) is 2.29. The summed E-state index contributed by atoms with van der Waals surface area (Å²) in [7, 11) is 1.65. The third kappa shape index (κ3) is 1.80.